The Morgan fingerprint density at radius 3 is 2.84 bits per heavy atom. The third kappa shape index (κ3) is 3.43. The van der Waals surface area contributed by atoms with Crippen LogP contribution < -0.4 is 11.1 Å². The van der Waals surface area contributed by atoms with Crippen molar-refractivity contribution < 1.29 is 9.18 Å². The van der Waals surface area contributed by atoms with Crippen LogP contribution in [0.4, 0.5) is 10.2 Å². The van der Waals surface area contributed by atoms with Gasteiger partial charge in [-0.2, -0.15) is 0 Å². The zero-order valence-corrected chi connectivity index (χ0v) is 11.2. The van der Waals surface area contributed by atoms with Crippen LogP contribution in [0, 0.1) is 11.7 Å². The minimum Gasteiger partial charge on any atom is -0.383 e. The molecule has 1 aliphatic carbocycles. The number of halogens is 1. The lowest BCUT2D eigenvalue weighted by atomic mass is 9.84. The van der Waals surface area contributed by atoms with Crippen molar-refractivity contribution in [2.24, 2.45) is 5.92 Å². The molecule has 0 radical (unpaired) electrons. The highest BCUT2D eigenvalue weighted by Crippen LogP contribution is 2.26. The van der Waals surface area contributed by atoms with Gasteiger partial charge in [-0.1, -0.05) is 19.3 Å². The van der Waals surface area contributed by atoms with Crippen molar-refractivity contribution in [1.29, 1.82) is 0 Å². The molecule has 1 saturated carbocycles. The van der Waals surface area contributed by atoms with Crippen LogP contribution in [0.3, 0.4) is 0 Å². The summed E-state index contributed by atoms with van der Waals surface area (Å²) < 4.78 is 13.1. The van der Waals surface area contributed by atoms with E-state index in [2.05, 4.69) is 10.3 Å². The van der Waals surface area contributed by atoms with E-state index < -0.39 is 5.82 Å². The molecule has 1 heterocycles. The van der Waals surface area contributed by atoms with E-state index in [4.69, 9.17) is 5.73 Å². The zero-order chi connectivity index (χ0) is 13.8. The number of pyridine rings is 1. The first kappa shape index (κ1) is 13.8. The number of amides is 1. The van der Waals surface area contributed by atoms with Gasteiger partial charge in [0.2, 0.25) is 0 Å². The predicted octanol–water partition coefficient (Wildman–Crippen LogP) is 2.50. The average molecular weight is 265 g/mol. The number of aromatic nitrogens is 1. The molecular formula is C14H20FN3O. The first-order valence-electron chi connectivity index (χ1n) is 6.80. The summed E-state index contributed by atoms with van der Waals surface area (Å²) in [5.41, 5.74) is 5.72. The van der Waals surface area contributed by atoms with Crippen LogP contribution in [-0.4, -0.2) is 16.9 Å². The minimum absolute atomic E-state index is 0.0646. The fourth-order valence-corrected chi connectivity index (χ4v) is 2.67. The molecule has 1 aromatic heterocycles. The first-order valence-corrected chi connectivity index (χ1v) is 6.80. The molecule has 1 atom stereocenters. The predicted molar refractivity (Wildman–Crippen MR) is 72.1 cm³/mol. The largest absolute Gasteiger partial charge is 0.383 e. The van der Waals surface area contributed by atoms with Gasteiger partial charge in [-0.25, -0.2) is 9.37 Å². The van der Waals surface area contributed by atoms with Crippen LogP contribution in [0.15, 0.2) is 12.3 Å². The van der Waals surface area contributed by atoms with E-state index >= 15 is 0 Å². The highest BCUT2D eigenvalue weighted by molar-refractivity contribution is 5.98. The Balaban J connectivity index is 2.01. The number of carbonyl (C=O) groups excluding carboxylic acids is 1. The van der Waals surface area contributed by atoms with E-state index in [1.165, 1.54) is 19.3 Å². The maximum Gasteiger partial charge on any atom is 0.255 e. The molecule has 5 heteroatoms. The van der Waals surface area contributed by atoms with E-state index in [0.29, 0.717) is 5.92 Å². The molecule has 1 amide bonds. The Bertz CT molecular complexity index is 458. The number of rotatable bonds is 3. The number of nitrogens with zero attached hydrogens (tertiary/aromatic N) is 1. The Labute approximate surface area is 112 Å². The van der Waals surface area contributed by atoms with Crippen molar-refractivity contribution in [1.82, 2.24) is 10.3 Å². The number of nitrogen functional groups attached to an aromatic ring is 1. The van der Waals surface area contributed by atoms with Gasteiger partial charge in [0, 0.05) is 6.04 Å². The second-order valence-electron chi connectivity index (χ2n) is 5.25. The van der Waals surface area contributed by atoms with Gasteiger partial charge in [0.25, 0.3) is 5.91 Å². The Morgan fingerprint density at radius 2 is 2.16 bits per heavy atom. The molecule has 1 aromatic rings. The van der Waals surface area contributed by atoms with Crippen molar-refractivity contribution in [3.8, 4) is 0 Å². The second-order valence-corrected chi connectivity index (χ2v) is 5.25. The third-order valence-electron chi connectivity index (χ3n) is 3.85. The Kier molecular flexibility index (Phi) is 4.35. The van der Waals surface area contributed by atoms with Gasteiger partial charge in [-0.15, -0.1) is 0 Å². The molecule has 3 N–H and O–H groups in total. The van der Waals surface area contributed by atoms with Gasteiger partial charge in [-0.3, -0.25) is 4.79 Å². The normalized spacial score (nSPS) is 18.0. The Hall–Kier alpha value is -1.65. The van der Waals surface area contributed by atoms with E-state index in [9.17, 15) is 9.18 Å². The standard InChI is InChI=1S/C14H20FN3O/c1-9(10-5-3-2-4-6-10)18-14(19)12-7-11(15)8-17-13(12)16/h7-10H,2-6H2,1H3,(H2,16,17)(H,18,19). The molecule has 2 rings (SSSR count). The highest BCUT2D eigenvalue weighted by Gasteiger charge is 2.22. The molecule has 0 spiro atoms. The molecule has 1 aliphatic rings. The van der Waals surface area contributed by atoms with Crippen LogP contribution in [-0.2, 0) is 0 Å². The molecule has 1 unspecified atom stereocenters. The monoisotopic (exact) mass is 265 g/mol. The third-order valence-corrected chi connectivity index (χ3v) is 3.85. The van der Waals surface area contributed by atoms with E-state index in [1.807, 2.05) is 6.92 Å². The van der Waals surface area contributed by atoms with Gasteiger partial charge < -0.3 is 11.1 Å². The van der Waals surface area contributed by atoms with Crippen LogP contribution in [0.25, 0.3) is 0 Å². The van der Waals surface area contributed by atoms with Gasteiger partial charge in [0.15, 0.2) is 0 Å². The number of anilines is 1. The highest BCUT2D eigenvalue weighted by atomic mass is 19.1. The van der Waals surface area contributed by atoms with Gasteiger partial charge in [-0.05, 0) is 31.7 Å². The molecule has 0 saturated heterocycles. The number of nitrogens with two attached hydrogens (primary N) is 1. The van der Waals surface area contributed by atoms with Crippen molar-refractivity contribution in [3.05, 3.63) is 23.6 Å². The summed E-state index contributed by atoms with van der Waals surface area (Å²) in [7, 11) is 0. The lowest BCUT2D eigenvalue weighted by molar-refractivity contribution is 0.0919. The average Bonchev–Trinajstić information content (AvgIpc) is 2.42. The summed E-state index contributed by atoms with van der Waals surface area (Å²) in [6.45, 7) is 2.00. The molecule has 0 aliphatic heterocycles. The quantitative estimate of drug-likeness (QED) is 0.882. The fraction of sp³-hybridized carbons (Fsp3) is 0.571. The summed E-state index contributed by atoms with van der Waals surface area (Å²) in [5, 5.41) is 2.91. The summed E-state index contributed by atoms with van der Waals surface area (Å²) in [6.07, 6.45) is 6.99. The maximum absolute atomic E-state index is 13.1. The zero-order valence-electron chi connectivity index (χ0n) is 11.2. The molecule has 0 aromatic carbocycles. The van der Waals surface area contributed by atoms with E-state index in [1.54, 1.807) is 0 Å². The van der Waals surface area contributed by atoms with Crippen LogP contribution in [0.2, 0.25) is 0 Å². The minimum atomic E-state index is -0.551. The number of hydrogen-bond donors (Lipinski definition) is 2. The Morgan fingerprint density at radius 1 is 1.47 bits per heavy atom. The molecule has 104 valence electrons. The summed E-state index contributed by atoms with van der Waals surface area (Å²) >= 11 is 0. The topological polar surface area (TPSA) is 68.0 Å². The summed E-state index contributed by atoms with van der Waals surface area (Å²) in [5.74, 6) is -0.331. The van der Waals surface area contributed by atoms with Crippen molar-refractivity contribution in [3.63, 3.8) is 0 Å². The number of nitrogens with one attached hydrogen (secondary N) is 1. The van der Waals surface area contributed by atoms with Crippen molar-refractivity contribution >= 4 is 11.7 Å². The van der Waals surface area contributed by atoms with Crippen LogP contribution in [0.1, 0.15) is 49.4 Å². The van der Waals surface area contributed by atoms with Gasteiger partial charge >= 0.3 is 0 Å². The lowest BCUT2D eigenvalue weighted by Crippen LogP contribution is -2.39. The van der Waals surface area contributed by atoms with E-state index in [-0.39, 0.29) is 23.3 Å². The molecular weight excluding hydrogens is 245 g/mol. The number of carbonyl (C=O) groups is 1. The second kappa shape index (κ2) is 5.99. The van der Waals surface area contributed by atoms with Crippen LogP contribution in [0.5, 0.6) is 0 Å². The lowest BCUT2D eigenvalue weighted by Gasteiger charge is -2.28. The SMILES string of the molecule is CC(NC(=O)c1cc(F)cnc1N)C1CCCCC1. The summed E-state index contributed by atoms with van der Waals surface area (Å²) in [6, 6.07) is 1.21. The van der Waals surface area contributed by atoms with Gasteiger partial charge in [0.1, 0.15) is 11.6 Å². The summed E-state index contributed by atoms with van der Waals surface area (Å²) in [4.78, 5) is 15.7. The van der Waals surface area contributed by atoms with E-state index in [0.717, 1.165) is 25.1 Å². The molecule has 0 bridgehead atoms. The van der Waals surface area contributed by atoms with Crippen molar-refractivity contribution in [2.75, 3.05) is 5.73 Å². The fourth-order valence-electron chi connectivity index (χ4n) is 2.67. The molecule has 1 fully saturated rings. The smallest absolute Gasteiger partial charge is 0.255 e. The van der Waals surface area contributed by atoms with Gasteiger partial charge in [0.05, 0.1) is 11.8 Å². The molecule has 19 heavy (non-hydrogen) atoms. The first-order chi connectivity index (χ1) is 9.08. The van der Waals surface area contributed by atoms with Crippen molar-refractivity contribution in [2.45, 2.75) is 45.1 Å². The maximum atomic E-state index is 13.1. The number of hydrogen-bond acceptors (Lipinski definition) is 3. The van der Waals surface area contributed by atoms with Crippen LogP contribution >= 0.6 is 0 Å². The molecule has 4 nitrogen and oxygen atoms in total.